The lowest BCUT2D eigenvalue weighted by Crippen LogP contribution is -2.42. The first kappa shape index (κ1) is 24.1. The van der Waals surface area contributed by atoms with E-state index in [0.29, 0.717) is 18.2 Å². The Morgan fingerprint density at radius 1 is 0.613 bits per heavy atom. The van der Waals surface area contributed by atoms with E-state index in [2.05, 4.69) is 14.2 Å². The van der Waals surface area contributed by atoms with Gasteiger partial charge in [0.25, 0.3) is 0 Å². The van der Waals surface area contributed by atoms with Crippen molar-refractivity contribution in [2.24, 2.45) is 0 Å². The molecule has 0 atom stereocenters. The minimum Gasteiger partial charge on any atom is -0.422 e. The van der Waals surface area contributed by atoms with E-state index < -0.39 is 47.8 Å². The molecular weight excluding hydrogens is 458 g/mol. The third-order valence-corrected chi connectivity index (χ3v) is 3.28. The molecule has 2 rings (SSSR count). The Balaban J connectivity index is 2.54. The molecule has 0 radical (unpaired) electrons. The fourth-order valence-electron chi connectivity index (χ4n) is 1.87. The van der Waals surface area contributed by atoms with Crippen molar-refractivity contribution in [1.82, 2.24) is 0 Å². The molecule has 0 aliphatic rings. The quantitative estimate of drug-likeness (QED) is 0.299. The molecule has 0 saturated heterocycles. The highest BCUT2D eigenvalue weighted by atomic mass is 19.4. The summed E-state index contributed by atoms with van der Waals surface area (Å²) in [5.41, 5.74) is -0.353. The van der Waals surface area contributed by atoms with E-state index in [0.717, 1.165) is 12.1 Å². The van der Waals surface area contributed by atoms with Crippen LogP contribution >= 0.6 is 0 Å². The summed E-state index contributed by atoms with van der Waals surface area (Å²) in [7, 11) is 0. The zero-order valence-corrected chi connectivity index (χ0v) is 14.5. The van der Waals surface area contributed by atoms with Crippen LogP contribution in [0.1, 0.15) is 10.4 Å². The molecule has 170 valence electrons. The predicted octanol–water partition coefficient (Wildman–Crippen LogP) is 5.97. The van der Waals surface area contributed by atoms with Crippen molar-refractivity contribution in [3.05, 3.63) is 54.1 Å². The molecule has 0 heterocycles. The number of carbonyl (C=O) groups is 1. The number of benzene rings is 2. The van der Waals surface area contributed by atoms with Gasteiger partial charge in [-0.2, -0.15) is 43.9 Å². The molecule has 0 spiro atoms. The number of carbonyl (C=O) groups excluding carboxylic acids is 1. The lowest BCUT2D eigenvalue weighted by molar-refractivity contribution is -0.362. The van der Waals surface area contributed by atoms with Crippen molar-refractivity contribution >= 4 is 5.97 Å². The number of rotatable bonds is 6. The Morgan fingerprint density at radius 3 is 1.42 bits per heavy atom. The summed E-state index contributed by atoms with van der Waals surface area (Å²) in [5.74, 6) is -6.56. The van der Waals surface area contributed by atoms with Crippen LogP contribution in [-0.4, -0.2) is 30.5 Å². The molecule has 0 aliphatic heterocycles. The molecule has 4 nitrogen and oxygen atoms in total. The maximum absolute atomic E-state index is 13.3. The van der Waals surface area contributed by atoms with E-state index in [1.165, 1.54) is 18.2 Å². The van der Waals surface area contributed by atoms with Gasteiger partial charge in [-0.3, -0.25) is 0 Å². The number of hydrogen-bond donors (Lipinski definition) is 0. The number of alkyl halides is 10. The first-order chi connectivity index (χ1) is 14.1. The fourth-order valence-corrected chi connectivity index (χ4v) is 1.87. The Kier molecular flexibility index (Phi) is 6.33. The first-order valence-electron chi connectivity index (χ1n) is 7.72. The summed E-state index contributed by atoms with van der Waals surface area (Å²) in [6.45, 7) is 0. The largest absolute Gasteiger partial charge is 0.499 e. The zero-order valence-electron chi connectivity index (χ0n) is 14.5. The van der Waals surface area contributed by atoms with Crippen LogP contribution in [0.15, 0.2) is 48.5 Å². The third-order valence-electron chi connectivity index (χ3n) is 3.28. The summed E-state index contributed by atoms with van der Waals surface area (Å²) in [5, 5.41) is 0. The number of esters is 1. The van der Waals surface area contributed by atoms with Crippen LogP contribution in [0.4, 0.5) is 43.9 Å². The normalized spacial score (nSPS) is 13.0. The molecular formula is C17H8F10O4. The van der Waals surface area contributed by atoms with Gasteiger partial charge in [-0.25, -0.2) is 4.79 Å². The van der Waals surface area contributed by atoms with Crippen LogP contribution in [0.5, 0.6) is 17.2 Å². The highest BCUT2D eigenvalue weighted by Crippen LogP contribution is 2.47. The molecule has 2 aromatic rings. The maximum atomic E-state index is 13.3. The van der Waals surface area contributed by atoms with E-state index in [4.69, 9.17) is 0 Å². The Morgan fingerprint density at radius 2 is 1.03 bits per heavy atom. The number of para-hydroxylation sites is 1. The van der Waals surface area contributed by atoms with Crippen LogP contribution in [0.3, 0.4) is 0 Å². The van der Waals surface area contributed by atoms with Crippen LogP contribution in [-0.2, 0) is 0 Å². The highest BCUT2D eigenvalue weighted by molar-refractivity contribution is 5.91. The van der Waals surface area contributed by atoms with Gasteiger partial charge in [-0.05, 0) is 24.3 Å². The van der Waals surface area contributed by atoms with Crippen molar-refractivity contribution in [2.45, 2.75) is 24.6 Å². The van der Waals surface area contributed by atoms with E-state index in [-0.39, 0.29) is 5.56 Å². The highest BCUT2D eigenvalue weighted by Gasteiger charge is 2.63. The molecule has 0 saturated carbocycles. The average molecular weight is 466 g/mol. The monoisotopic (exact) mass is 466 g/mol. The van der Waals surface area contributed by atoms with Crippen LogP contribution in [0.25, 0.3) is 0 Å². The molecule has 0 N–H and O–H groups in total. The van der Waals surface area contributed by atoms with Crippen LogP contribution in [0, 0.1) is 0 Å². The molecule has 0 bridgehead atoms. The van der Waals surface area contributed by atoms with E-state index >= 15 is 0 Å². The van der Waals surface area contributed by atoms with E-state index in [9.17, 15) is 48.7 Å². The summed E-state index contributed by atoms with van der Waals surface area (Å²) in [4.78, 5) is 12.1. The minimum absolute atomic E-state index is 0.311. The van der Waals surface area contributed by atoms with Crippen LogP contribution in [0.2, 0.25) is 0 Å². The first-order valence-corrected chi connectivity index (χ1v) is 7.72. The molecule has 0 unspecified atom stereocenters. The summed E-state index contributed by atoms with van der Waals surface area (Å²) in [6, 6.07) is 7.18. The van der Waals surface area contributed by atoms with E-state index in [1.807, 2.05) is 0 Å². The van der Waals surface area contributed by atoms with Crippen molar-refractivity contribution in [3.8, 4) is 17.2 Å². The molecule has 0 aliphatic carbocycles. The minimum atomic E-state index is -6.31. The van der Waals surface area contributed by atoms with Gasteiger partial charge in [0.05, 0.1) is 5.56 Å². The molecule has 0 amide bonds. The molecule has 0 fully saturated rings. The van der Waals surface area contributed by atoms with Gasteiger partial charge in [0.2, 0.25) is 5.75 Å². The van der Waals surface area contributed by atoms with Crippen molar-refractivity contribution < 1.29 is 62.9 Å². The van der Waals surface area contributed by atoms with Gasteiger partial charge >= 0.3 is 30.5 Å². The average Bonchev–Trinajstić information content (AvgIpc) is 2.62. The second-order valence-electron chi connectivity index (χ2n) is 5.57. The van der Waals surface area contributed by atoms with Crippen molar-refractivity contribution in [1.29, 1.82) is 0 Å². The summed E-state index contributed by atoms with van der Waals surface area (Å²) < 4.78 is 139. The van der Waals surface area contributed by atoms with Crippen molar-refractivity contribution in [2.75, 3.05) is 0 Å². The summed E-state index contributed by atoms with van der Waals surface area (Å²) in [6.07, 6.45) is -24.5. The smallest absolute Gasteiger partial charge is 0.422 e. The zero-order chi connectivity index (χ0) is 23.7. The second kappa shape index (κ2) is 8.15. The second-order valence-corrected chi connectivity index (χ2v) is 5.57. The van der Waals surface area contributed by atoms with Crippen LogP contribution < -0.4 is 14.2 Å². The van der Waals surface area contributed by atoms with Gasteiger partial charge < -0.3 is 14.2 Å². The number of hydrogen-bond acceptors (Lipinski definition) is 4. The lowest BCUT2D eigenvalue weighted by atomic mass is 10.2. The molecule has 0 aromatic heterocycles. The predicted molar refractivity (Wildman–Crippen MR) is 81.1 cm³/mol. The molecule has 2 aromatic carbocycles. The molecule has 14 heteroatoms. The van der Waals surface area contributed by atoms with Gasteiger partial charge in [-0.15, -0.1) is 0 Å². The standard InChI is InChI=1S/C17H8F10O4/c18-14(19,20)16(24,25)30-10-7-4-8-11(31-17(26,27)15(21,22)23)12(10)29-13(28)9-5-2-1-3-6-9/h1-8H. The van der Waals surface area contributed by atoms with Gasteiger partial charge in [-0.1, -0.05) is 24.3 Å². The third kappa shape index (κ3) is 5.49. The van der Waals surface area contributed by atoms with Crippen molar-refractivity contribution in [3.63, 3.8) is 0 Å². The van der Waals surface area contributed by atoms with E-state index in [1.54, 1.807) is 0 Å². The topological polar surface area (TPSA) is 44.8 Å². The SMILES string of the molecule is O=C(Oc1c(OC(F)(F)C(F)(F)F)cccc1OC(F)(F)C(F)(F)F)c1ccccc1. The Labute approximate surface area is 165 Å². The fraction of sp³-hybridized carbons (Fsp3) is 0.235. The number of ether oxygens (including phenoxy) is 3. The Hall–Kier alpha value is -3.19. The summed E-state index contributed by atoms with van der Waals surface area (Å²) >= 11 is 0. The maximum Gasteiger partial charge on any atom is 0.499 e. The Bertz CT molecular complexity index is 876. The van der Waals surface area contributed by atoms with Gasteiger partial charge in [0, 0.05) is 0 Å². The van der Waals surface area contributed by atoms with Gasteiger partial charge in [0.1, 0.15) is 0 Å². The molecule has 31 heavy (non-hydrogen) atoms. The van der Waals surface area contributed by atoms with Gasteiger partial charge in [0.15, 0.2) is 11.5 Å². The number of halogens is 10. The lowest BCUT2D eigenvalue weighted by Gasteiger charge is -2.24.